The maximum absolute atomic E-state index is 12.5. The minimum atomic E-state index is -4.61. The Morgan fingerprint density at radius 3 is 2.46 bits per heavy atom. The van der Waals surface area contributed by atoms with Gasteiger partial charge in [0.2, 0.25) is 0 Å². The Labute approximate surface area is 167 Å². The topological polar surface area (TPSA) is 77.5 Å². The third-order valence-corrected chi connectivity index (χ3v) is 3.99. The third kappa shape index (κ3) is 6.28. The molecule has 0 radical (unpaired) electrons. The highest BCUT2D eigenvalue weighted by atomic mass is 35.5. The quantitative estimate of drug-likeness (QED) is 0.683. The van der Waals surface area contributed by atoms with Gasteiger partial charge in [-0.05, 0) is 36.8 Å². The lowest BCUT2D eigenvalue weighted by Crippen LogP contribution is -2.24. The molecule has 28 heavy (non-hydrogen) atoms. The molecule has 0 atom stereocenters. The van der Waals surface area contributed by atoms with Gasteiger partial charge in [0, 0.05) is 11.2 Å². The smallest absolute Gasteiger partial charge is 0.417 e. The summed E-state index contributed by atoms with van der Waals surface area (Å²) in [5.41, 5.74) is -0.302. The van der Waals surface area contributed by atoms with Crippen LogP contribution in [0.4, 0.5) is 19.0 Å². The molecule has 0 saturated heterocycles. The number of hydrogen-bond donors (Lipinski definition) is 1. The number of carbonyl (C=O) groups is 2. The highest BCUT2D eigenvalue weighted by molar-refractivity contribution is 6.33. The summed E-state index contributed by atoms with van der Waals surface area (Å²) in [6.07, 6.45) is -4.09. The van der Waals surface area contributed by atoms with Gasteiger partial charge in [0.1, 0.15) is 5.75 Å². The molecule has 0 aliphatic heterocycles. The van der Waals surface area contributed by atoms with Crippen LogP contribution in [0.15, 0.2) is 30.5 Å². The van der Waals surface area contributed by atoms with Gasteiger partial charge in [0.25, 0.3) is 5.91 Å². The molecule has 6 nitrogen and oxygen atoms in total. The van der Waals surface area contributed by atoms with Gasteiger partial charge >= 0.3 is 12.1 Å². The van der Waals surface area contributed by atoms with E-state index in [0.717, 1.165) is 5.56 Å². The summed E-state index contributed by atoms with van der Waals surface area (Å²) >= 11 is 11.5. The number of ether oxygens (including phenoxy) is 2. The van der Waals surface area contributed by atoms with Crippen molar-refractivity contribution < 1.29 is 32.2 Å². The van der Waals surface area contributed by atoms with Crippen molar-refractivity contribution in [1.29, 1.82) is 0 Å². The summed E-state index contributed by atoms with van der Waals surface area (Å²) in [5, 5.41) is 2.29. The van der Waals surface area contributed by atoms with E-state index in [4.69, 9.17) is 32.7 Å². The van der Waals surface area contributed by atoms with Crippen molar-refractivity contribution in [2.75, 3.05) is 18.5 Å². The van der Waals surface area contributed by atoms with Crippen molar-refractivity contribution in [3.63, 3.8) is 0 Å². The van der Waals surface area contributed by atoms with Crippen molar-refractivity contribution in [1.82, 2.24) is 4.98 Å². The average Bonchev–Trinajstić information content (AvgIpc) is 2.61. The Morgan fingerprint density at radius 1 is 1.14 bits per heavy atom. The Bertz CT molecular complexity index is 891. The summed E-state index contributed by atoms with van der Waals surface area (Å²) in [6, 6.07) is 5.41. The van der Waals surface area contributed by atoms with Crippen LogP contribution in [0, 0.1) is 6.92 Å². The number of halogens is 5. The zero-order chi connectivity index (χ0) is 20.9. The summed E-state index contributed by atoms with van der Waals surface area (Å²) in [4.78, 5) is 26.8. The zero-order valence-electron chi connectivity index (χ0n) is 14.3. The number of rotatable bonds is 6. The van der Waals surface area contributed by atoms with Crippen molar-refractivity contribution >= 4 is 40.9 Å². The lowest BCUT2D eigenvalue weighted by atomic mass is 10.2. The molecule has 0 saturated carbocycles. The van der Waals surface area contributed by atoms with Crippen LogP contribution in [0.5, 0.6) is 5.75 Å². The van der Waals surface area contributed by atoms with E-state index in [2.05, 4.69) is 10.3 Å². The summed E-state index contributed by atoms with van der Waals surface area (Å²) < 4.78 is 47.6. The molecule has 2 aromatic rings. The zero-order valence-corrected chi connectivity index (χ0v) is 15.8. The van der Waals surface area contributed by atoms with Crippen LogP contribution < -0.4 is 10.1 Å². The highest BCUT2D eigenvalue weighted by Crippen LogP contribution is 2.32. The fraction of sp³-hybridized carbons (Fsp3) is 0.235. The predicted molar refractivity (Wildman–Crippen MR) is 95.5 cm³/mol. The molecule has 11 heteroatoms. The number of carbonyl (C=O) groups excluding carboxylic acids is 2. The number of amides is 1. The fourth-order valence-electron chi connectivity index (χ4n) is 1.89. The summed E-state index contributed by atoms with van der Waals surface area (Å²) in [7, 11) is 0. The molecule has 1 heterocycles. The molecule has 0 spiro atoms. The second kappa shape index (κ2) is 9.11. The molecule has 0 aliphatic carbocycles. The second-order valence-corrected chi connectivity index (χ2v) is 6.28. The van der Waals surface area contributed by atoms with Gasteiger partial charge in [-0.3, -0.25) is 4.79 Å². The van der Waals surface area contributed by atoms with Gasteiger partial charge in [0.15, 0.2) is 19.0 Å². The lowest BCUT2D eigenvalue weighted by Gasteiger charge is -2.10. The summed E-state index contributed by atoms with van der Waals surface area (Å²) in [5.74, 6) is -1.55. The second-order valence-electron chi connectivity index (χ2n) is 5.46. The van der Waals surface area contributed by atoms with Crippen molar-refractivity contribution in [2.45, 2.75) is 13.1 Å². The normalized spacial score (nSPS) is 11.1. The number of esters is 1. The van der Waals surface area contributed by atoms with Crippen LogP contribution in [0.2, 0.25) is 10.0 Å². The van der Waals surface area contributed by atoms with Crippen LogP contribution in [-0.2, 0) is 20.5 Å². The molecule has 0 bridgehead atoms. The van der Waals surface area contributed by atoms with Crippen molar-refractivity contribution in [3.8, 4) is 5.75 Å². The number of alkyl halides is 3. The third-order valence-electron chi connectivity index (χ3n) is 3.28. The molecule has 150 valence electrons. The monoisotopic (exact) mass is 436 g/mol. The highest BCUT2D eigenvalue weighted by Gasteiger charge is 2.31. The first-order valence-electron chi connectivity index (χ1n) is 7.63. The van der Waals surface area contributed by atoms with Crippen LogP contribution in [0.25, 0.3) is 0 Å². The van der Waals surface area contributed by atoms with Gasteiger partial charge in [-0.1, -0.05) is 23.2 Å². The number of pyridine rings is 1. The Hall–Kier alpha value is -2.52. The van der Waals surface area contributed by atoms with Gasteiger partial charge in [-0.2, -0.15) is 13.2 Å². The van der Waals surface area contributed by atoms with Crippen LogP contribution in [-0.4, -0.2) is 30.1 Å². The largest absolute Gasteiger partial charge is 0.482 e. The van der Waals surface area contributed by atoms with E-state index in [1.54, 1.807) is 25.1 Å². The number of hydrogen-bond acceptors (Lipinski definition) is 5. The number of aryl methyl sites for hydroxylation is 1. The molecular weight excluding hydrogens is 424 g/mol. The molecule has 1 aromatic carbocycles. The molecule has 0 aliphatic rings. The lowest BCUT2D eigenvalue weighted by molar-refractivity contribution is -0.149. The molecule has 0 fully saturated rings. The molecule has 1 N–H and O–H groups in total. The van der Waals surface area contributed by atoms with Gasteiger partial charge in [0.05, 0.1) is 10.6 Å². The average molecular weight is 437 g/mol. The number of benzene rings is 1. The fourth-order valence-corrected chi connectivity index (χ4v) is 2.22. The van der Waals surface area contributed by atoms with Crippen LogP contribution >= 0.6 is 23.2 Å². The summed E-state index contributed by atoms with van der Waals surface area (Å²) in [6.45, 7) is 0.618. The standard InChI is InChI=1S/C17H13Cl2F3N2O4/c1-9-4-11(2-3-12(9)18)27-8-15(26)28-7-14(25)24-16-13(19)5-10(6-23-16)17(20,21)22/h2-6H,7-8H2,1H3,(H,23,24,25). The van der Waals surface area contributed by atoms with E-state index in [0.29, 0.717) is 23.0 Å². The minimum Gasteiger partial charge on any atom is -0.482 e. The minimum absolute atomic E-state index is 0.288. The van der Waals surface area contributed by atoms with Crippen LogP contribution in [0.3, 0.4) is 0 Å². The van der Waals surface area contributed by atoms with E-state index in [1.165, 1.54) is 0 Å². The molecule has 2 rings (SSSR count). The van der Waals surface area contributed by atoms with Crippen molar-refractivity contribution in [2.24, 2.45) is 0 Å². The maximum atomic E-state index is 12.5. The predicted octanol–water partition coefficient (Wildman–Crippen LogP) is 4.28. The van der Waals surface area contributed by atoms with Crippen LogP contribution in [0.1, 0.15) is 11.1 Å². The Morgan fingerprint density at radius 2 is 1.86 bits per heavy atom. The van der Waals surface area contributed by atoms with E-state index in [9.17, 15) is 22.8 Å². The first-order chi connectivity index (χ1) is 13.1. The molecule has 0 unspecified atom stereocenters. The SMILES string of the molecule is Cc1cc(OCC(=O)OCC(=O)Nc2ncc(C(F)(F)F)cc2Cl)ccc1Cl. The number of nitrogens with zero attached hydrogens (tertiary/aromatic N) is 1. The van der Waals surface area contributed by atoms with E-state index in [-0.39, 0.29) is 5.82 Å². The maximum Gasteiger partial charge on any atom is 0.417 e. The number of nitrogens with one attached hydrogen (secondary N) is 1. The Balaban J connectivity index is 1.81. The van der Waals surface area contributed by atoms with E-state index >= 15 is 0 Å². The Kier molecular flexibility index (Phi) is 7.09. The molecular formula is C17H13Cl2F3N2O4. The first kappa shape index (κ1) is 21.8. The van der Waals surface area contributed by atoms with E-state index in [1.807, 2.05) is 0 Å². The number of anilines is 1. The van der Waals surface area contributed by atoms with E-state index < -0.39 is 41.9 Å². The number of aromatic nitrogens is 1. The van der Waals surface area contributed by atoms with Gasteiger partial charge in [-0.15, -0.1) is 0 Å². The van der Waals surface area contributed by atoms with Gasteiger partial charge in [-0.25, -0.2) is 9.78 Å². The molecule has 1 amide bonds. The molecule has 1 aromatic heterocycles. The first-order valence-corrected chi connectivity index (χ1v) is 8.39. The van der Waals surface area contributed by atoms with Gasteiger partial charge < -0.3 is 14.8 Å². The van der Waals surface area contributed by atoms with Crippen molar-refractivity contribution in [3.05, 3.63) is 51.6 Å².